The molecule has 3 nitrogen and oxygen atoms in total. The van der Waals surface area contributed by atoms with E-state index in [1.54, 1.807) is 0 Å². The van der Waals surface area contributed by atoms with Crippen molar-refractivity contribution in [1.29, 1.82) is 0 Å². The summed E-state index contributed by atoms with van der Waals surface area (Å²) in [4.78, 5) is 2.62. The molecular weight excluding hydrogens is 212 g/mol. The van der Waals surface area contributed by atoms with E-state index in [0.29, 0.717) is 11.5 Å². The Balaban J connectivity index is 1.91. The van der Waals surface area contributed by atoms with Gasteiger partial charge in [-0.05, 0) is 57.0 Å². The number of hydrogen-bond acceptors (Lipinski definition) is 3. The second-order valence-corrected chi connectivity index (χ2v) is 6.97. The van der Waals surface area contributed by atoms with Crippen LogP contribution in [0.15, 0.2) is 0 Å². The number of nitrogens with two attached hydrogens (primary N) is 1. The first-order chi connectivity index (χ1) is 7.94. The molecule has 1 saturated carbocycles. The largest absolute Gasteiger partial charge is 0.394 e. The quantitative estimate of drug-likeness (QED) is 0.773. The summed E-state index contributed by atoms with van der Waals surface area (Å²) in [7, 11) is 0. The van der Waals surface area contributed by atoms with E-state index in [-0.39, 0.29) is 12.1 Å². The van der Waals surface area contributed by atoms with E-state index in [9.17, 15) is 5.11 Å². The highest BCUT2D eigenvalue weighted by molar-refractivity contribution is 4.97. The minimum atomic E-state index is -0.299. The van der Waals surface area contributed by atoms with Crippen molar-refractivity contribution in [2.45, 2.75) is 64.0 Å². The molecule has 0 aromatic carbocycles. The van der Waals surface area contributed by atoms with Crippen molar-refractivity contribution in [1.82, 2.24) is 4.90 Å². The third-order valence-electron chi connectivity index (χ3n) is 4.82. The van der Waals surface area contributed by atoms with Crippen LogP contribution in [0.25, 0.3) is 0 Å². The first-order valence-electron chi connectivity index (χ1n) is 7.08. The molecule has 1 saturated heterocycles. The average molecular weight is 240 g/mol. The van der Waals surface area contributed by atoms with Gasteiger partial charge in [-0.25, -0.2) is 0 Å². The summed E-state index contributed by atoms with van der Waals surface area (Å²) < 4.78 is 0. The fourth-order valence-corrected chi connectivity index (χ4v) is 3.39. The predicted molar refractivity (Wildman–Crippen MR) is 70.8 cm³/mol. The van der Waals surface area contributed by atoms with E-state index in [1.807, 2.05) is 0 Å². The minimum Gasteiger partial charge on any atom is -0.394 e. The molecule has 1 aliphatic carbocycles. The van der Waals surface area contributed by atoms with E-state index < -0.39 is 0 Å². The highest BCUT2D eigenvalue weighted by Crippen LogP contribution is 2.35. The second-order valence-electron chi connectivity index (χ2n) is 6.97. The van der Waals surface area contributed by atoms with Gasteiger partial charge in [0.1, 0.15) is 0 Å². The monoisotopic (exact) mass is 240 g/mol. The normalized spacial score (nSPS) is 39.2. The molecule has 0 spiro atoms. The molecule has 0 radical (unpaired) electrons. The molecule has 1 aliphatic heterocycles. The zero-order valence-electron chi connectivity index (χ0n) is 11.4. The van der Waals surface area contributed by atoms with E-state index >= 15 is 0 Å². The number of aliphatic hydroxyl groups excluding tert-OH is 1. The van der Waals surface area contributed by atoms with Crippen LogP contribution < -0.4 is 5.73 Å². The molecule has 0 bridgehead atoms. The topological polar surface area (TPSA) is 49.5 Å². The Morgan fingerprint density at radius 2 is 2.00 bits per heavy atom. The number of likely N-dealkylation sites (tertiary alicyclic amines) is 1. The van der Waals surface area contributed by atoms with Gasteiger partial charge in [-0.2, -0.15) is 0 Å². The number of nitrogens with zero attached hydrogens (tertiary/aromatic N) is 1. The molecule has 1 heterocycles. The lowest BCUT2D eigenvalue weighted by Crippen LogP contribution is -2.43. The van der Waals surface area contributed by atoms with Crippen molar-refractivity contribution in [3.05, 3.63) is 0 Å². The first kappa shape index (κ1) is 13.3. The van der Waals surface area contributed by atoms with E-state index in [4.69, 9.17) is 5.73 Å². The second kappa shape index (κ2) is 4.87. The minimum absolute atomic E-state index is 0.142. The molecule has 2 atom stereocenters. The summed E-state index contributed by atoms with van der Waals surface area (Å²) in [5.74, 6) is 0. The molecule has 0 aromatic rings. The van der Waals surface area contributed by atoms with Crippen molar-refractivity contribution in [3.63, 3.8) is 0 Å². The lowest BCUT2D eigenvalue weighted by Gasteiger charge is -2.29. The number of aliphatic hydroxyl groups is 1. The molecule has 2 rings (SSSR count). The summed E-state index contributed by atoms with van der Waals surface area (Å²) in [5.41, 5.74) is 6.38. The van der Waals surface area contributed by atoms with Gasteiger partial charge in [-0.1, -0.05) is 13.8 Å². The summed E-state index contributed by atoms with van der Waals surface area (Å²) in [6, 6.07) is 0.612. The van der Waals surface area contributed by atoms with E-state index in [0.717, 1.165) is 19.3 Å². The zero-order valence-corrected chi connectivity index (χ0v) is 11.4. The van der Waals surface area contributed by atoms with Gasteiger partial charge in [-0.15, -0.1) is 0 Å². The first-order valence-corrected chi connectivity index (χ1v) is 7.08. The van der Waals surface area contributed by atoms with Crippen LogP contribution in [0, 0.1) is 5.41 Å². The lowest BCUT2D eigenvalue weighted by atomic mass is 9.85. The molecule has 17 heavy (non-hydrogen) atoms. The van der Waals surface area contributed by atoms with Gasteiger partial charge in [0.15, 0.2) is 0 Å². The third-order valence-corrected chi connectivity index (χ3v) is 4.82. The summed E-state index contributed by atoms with van der Waals surface area (Å²) in [5, 5.41) is 9.34. The van der Waals surface area contributed by atoms with Crippen LogP contribution in [0.3, 0.4) is 0 Å². The Morgan fingerprint density at radius 3 is 2.65 bits per heavy atom. The Labute approximate surface area is 105 Å². The van der Waals surface area contributed by atoms with Gasteiger partial charge >= 0.3 is 0 Å². The molecule has 2 fully saturated rings. The molecular formula is C14H28N2O. The lowest BCUT2D eigenvalue weighted by molar-refractivity contribution is 0.165. The van der Waals surface area contributed by atoms with Crippen LogP contribution in [0.1, 0.15) is 52.4 Å². The van der Waals surface area contributed by atoms with Crippen LogP contribution in [0.4, 0.5) is 0 Å². The fraction of sp³-hybridized carbons (Fsp3) is 1.00. The standard InChI is InChI=1S/C14H28N2O/c1-13(2)5-3-8-16(9-7-13)12-4-6-14(15,10-12)11-17/h12,17H,3-11,15H2,1-2H3. The van der Waals surface area contributed by atoms with Gasteiger partial charge in [-0.3, -0.25) is 0 Å². The van der Waals surface area contributed by atoms with Gasteiger partial charge in [0.05, 0.1) is 6.61 Å². The van der Waals surface area contributed by atoms with Crippen molar-refractivity contribution in [3.8, 4) is 0 Å². The Hall–Kier alpha value is -0.120. The molecule has 3 heteroatoms. The Morgan fingerprint density at radius 1 is 1.24 bits per heavy atom. The van der Waals surface area contributed by atoms with Gasteiger partial charge < -0.3 is 15.7 Å². The molecule has 0 aromatic heterocycles. The molecule has 2 unspecified atom stereocenters. The maximum atomic E-state index is 9.34. The smallest absolute Gasteiger partial charge is 0.0611 e. The maximum absolute atomic E-state index is 9.34. The zero-order chi connectivity index (χ0) is 12.5. The number of rotatable bonds is 2. The molecule has 2 aliphatic rings. The SMILES string of the molecule is CC1(C)CCCN(C2CCC(N)(CO)C2)CC1. The molecule has 0 amide bonds. The molecule has 100 valence electrons. The van der Waals surface area contributed by atoms with E-state index in [2.05, 4.69) is 18.7 Å². The van der Waals surface area contributed by atoms with Crippen LogP contribution in [-0.4, -0.2) is 41.3 Å². The van der Waals surface area contributed by atoms with Crippen molar-refractivity contribution in [2.24, 2.45) is 11.1 Å². The van der Waals surface area contributed by atoms with Crippen molar-refractivity contribution >= 4 is 0 Å². The summed E-state index contributed by atoms with van der Waals surface area (Å²) >= 11 is 0. The summed E-state index contributed by atoms with van der Waals surface area (Å²) in [6.07, 6.45) is 7.06. The Kier molecular flexibility index (Phi) is 3.81. The van der Waals surface area contributed by atoms with Crippen LogP contribution in [0.5, 0.6) is 0 Å². The maximum Gasteiger partial charge on any atom is 0.0611 e. The number of hydrogen-bond donors (Lipinski definition) is 2. The fourth-order valence-electron chi connectivity index (χ4n) is 3.39. The average Bonchev–Trinajstić information content (AvgIpc) is 2.57. The van der Waals surface area contributed by atoms with E-state index in [1.165, 1.54) is 32.4 Å². The van der Waals surface area contributed by atoms with Crippen LogP contribution in [-0.2, 0) is 0 Å². The Bertz CT molecular complexity index is 267. The van der Waals surface area contributed by atoms with Gasteiger partial charge in [0, 0.05) is 11.6 Å². The predicted octanol–water partition coefficient (Wildman–Crippen LogP) is 1.74. The van der Waals surface area contributed by atoms with Crippen molar-refractivity contribution in [2.75, 3.05) is 19.7 Å². The van der Waals surface area contributed by atoms with Crippen LogP contribution in [0.2, 0.25) is 0 Å². The van der Waals surface area contributed by atoms with Crippen molar-refractivity contribution < 1.29 is 5.11 Å². The summed E-state index contributed by atoms with van der Waals surface area (Å²) in [6.45, 7) is 7.33. The van der Waals surface area contributed by atoms with Crippen LogP contribution >= 0.6 is 0 Å². The highest BCUT2D eigenvalue weighted by Gasteiger charge is 2.38. The molecule has 3 N–H and O–H groups in total. The van der Waals surface area contributed by atoms with Gasteiger partial charge in [0.2, 0.25) is 0 Å². The van der Waals surface area contributed by atoms with Gasteiger partial charge in [0.25, 0.3) is 0 Å². The third kappa shape index (κ3) is 3.21. The highest BCUT2D eigenvalue weighted by atomic mass is 16.3.